The molecule has 3 rings (SSSR count). The Labute approximate surface area is 214 Å². The average Bonchev–Trinajstić information content (AvgIpc) is 3.09. The third-order valence-electron chi connectivity index (χ3n) is 5.67. The molecular weight excluding hydrogens is 454 g/mol. The molecule has 1 heterocycles. The molecule has 2 aromatic carbocycles. The van der Waals surface area contributed by atoms with E-state index in [1.54, 1.807) is 23.1 Å². The molecule has 194 valence electrons. The first-order valence-electron chi connectivity index (χ1n) is 12.7. The number of benzene rings is 2. The van der Waals surface area contributed by atoms with Crippen LogP contribution < -0.4 is 10.4 Å². The van der Waals surface area contributed by atoms with Gasteiger partial charge in [-0.2, -0.15) is 5.10 Å². The Balaban J connectivity index is 1.62. The Morgan fingerprint density at radius 1 is 0.917 bits per heavy atom. The topological polar surface area (TPSA) is 75.4 Å². The van der Waals surface area contributed by atoms with Crippen LogP contribution in [0.5, 0.6) is 5.75 Å². The molecule has 3 aromatic rings. The highest BCUT2D eigenvalue weighted by Gasteiger charge is 2.34. The first-order valence-corrected chi connectivity index (χ1v) is 12.7. The second-order valence-corrected chi connectivity index (χ2v) is 10.6. The summed E-state index contributed by atoms with van der Waals surface area (Å²) in [6, 6.07) is 17.8. The van der Waals surface area contributed by atoms with Gasteiger partial charge in [0, 0.05) is 13.0 Å². The summed E-state index contributed by atoms with van der Waals surface area (Å²) in [5.74, 6) is 1.03. The smallest absolute Gasteiger partial charge is 0.350 e. The van der Waals surface area contributed by atoms with Gasteiger partial charge in [0.25, 0.3) is 0 Å². The molecule has 0 amide bonds. The maximum atomic E-state index is 12.9. The van der Waals surface area contributed by atoms with Crippen molar-refractivity contribution < 1.29 is 14.3 Å². The molecule has 7 heteroatoms. The molecule has 7 nitrogen and oxygen atoms in total. The second-order valence-electron chi connectivity index (χ2n) is 10.6. The van der Waals surface area contributed by atoms with E-state index in [0.29, 0.717) is 25.3 Å². The minimum Gasteiger partial charge on any atom is -0.476 e. The van der Waals surface area contributed by atoms with E-state index in [1.165, 1.54) is 0 Å². The van der Waals surface area contributed by atoms with Gasteiger partial charge in [0.05, 0.1) is 6.54 Å². The molecule has 0 radical (unpaired) electrons. The first kappa shape index (κ1) is 27.2. The van der Waals surface area contributed by atoms with Gasteiger partial charge in [0.2, 0.25) is 0 Å². The molecule has 0 unspecified atom stereocenters. The lowest BCUT2D eigenvalue weighted by Crippen LogP contribution is -2.43. The van der Waals surface area contributed by atoms with Gasteiger partial charge < -0.3 is 9.47 Å². The van der Waals surface area contributed by atoms with Gasteiger partial charge in [0.1, 0.15) is 17.2 Å². The number of carbonyl (C=O) groups excluding carboxylic acids is 1. The summed E-state index contributed by atoms with van der Waals surface area (Å²) >= 11 is 0. The van der Waals surface area contributed by atoms with Crippen LogP contribution >= 0.6 is 0 Å². The summed E-state index contributed by atoms with van der Waals surface area (Å²) in [5, 5.41) is 4.63. The minimum atomic E-state index is -1.09. The van der Waals surface area contributed by atoms with Crippen molar-refractivity contribution in [3.8, 4) is 5.75 Å². The lowest BCUT2D eigenvalue weighted by molar-refractivity contribution is -0.170. The van der Waals surface area contributed by atoms with E-state index in [4.69, 9.17) is 9.47 Å². The van der Waals surface area contributed by atoms with Crippen molar-refractivity contribution in [2.45, 2.75) is 91.5 Å². The predicted molar refractivity (Wildman–Crippen MR) is 141 cm³/mol. The van der Waals surface area contributed by atoms with E-state index >= 15 is 0 Å². The molecular formula is C29H39N3O4. The van der Waals surface area contributed by atoms with Gasteiger partial charge in [-0.3, -0.25) is 4.57 Å². The van der Waals surface area contributed by atoms with Crippen molar-refractivity contribution in [1.29, 1.82) is 0 Å². The van der Waals surface area contributed by atoms with Crippen LogP contribution in [0.1, 0.15) is 71.3 Å². The molecule has 0 atom stereocenters. The summed E-state index contributed by atoms with van der Waals surface area (Å²) in [5.41, 5.74) is 0.531. The second kappa shape index (κ2) is 11.6. The number of carbonyl (C=O) groups is 1. The zero-order valence-electron chi connectivity index (χ0n) is 22.4. The molecule has 1 aromatic heterocycles. The molecule has 0 bridgehead atoms. The van der Waals surface area contributed by atoms with Crippen molar-refractivity contribution in [3.63, 3.8) is 0 Å². The van der Waals surface area contributed by atoms with E-state index in [-0.39, 0.29) is 5.69 Å². The van der Waals surface area contributed by atoms with Crippen molar-refractivity contribution in [1.82, 2.24) is 14.3 Å². The van der Waals surface area contributed by atoms with E-state index in [9.17, 15) is 9.59 Å². The lowest BCUT2D eigenvalue weighted by Gasteiger charge is -2.29. The van der Waals surface area contributed by atoms with Crippen LogP contribution in [0, 0.1) is 0 Å². The van der Waals surface area contributed by atoms with E-state index < -0.39 is 17.2 Å². The summed E-state index contributed by atoms with van der Waals surface area (Å²) < 4.78 is 14.8. The van der Waals surface area contributed by atoms with Crippen LogP contribution in [0.3, 0.4) is 0 Å². The lowest BCUT2D eigenvalue weighted by atomic mass is 10.1. The number of hydrogen-bond donors (Lipinski definition) is 0. The maximum Gasteiger partial charge on any atom is 0.350 e. The average molecular weight is 494 g/mol. The summed E-state index contributed by atoms with van der Waals surface area (Å²) in [6.07, 6.45) is 3.28. The number of ether oxygens (including phenoxy) is 2. The third-order valence-corrected chi connectivity index (χ3v) is 5.67. The Morgan fingerprint density at radius 3 is 2.19 bits per heavy atom. The van der Waals surface area contributed by atoms with E-state index in [2.05, 4.69) is 5.10 Å². The Bertz CT molecular complexity index is 1190. The fourth-order valence-electron chi connectivity index (χ4n) is 3.87. The predicted octanol–water partition coefficient (Wildman–Crippen LogP) is 5.18. The number of nitrogens with zero attached hydrogens (tertiary/aromatic N) is 3. The highest BCUT2D eigenvalue weighted by Crippen LogP contribution is 2.23. The van der Waals surface area contributed by atoms with Crippen LogP contribution in [0.15, 0.2) is 59.4 Å². The third kappa shape index (κ3) is 7.57. The molecule has 0 aliphatic rings. The maximum absolute atomic E-state index is 12.9. The molecule has 0 spiro atoms. The highest BCUT2D eigenvalue weighted by molar-refractivity contribution is 5.79. The van der Waals surface area contributed by atoms with E-state index in [0.717, 1.165) is 36.2 Å². The van der Waals surface area contributed by atoms with Crippen molar-refractivity contribution in [2.24, 2.45) is 0 Å². The molecule has 0 saturated carbocycles. The van der Waals surface area contributed by atoms with Crippen LogP contribution in [-0.2, 0) is 35.5 Å². The number of rotatable bonds is 11. The van der Waals surface area contributed by atoms with Crippen molar-refractivity contribution in [3.05, 3.63) is 82.0 Å². The van der Waals surface area contributed by atoms with Crippen molar-refractivity contribution >= 4 is 5.97 Å². The van der Waals surface area contributed by atoms with Crippen LogP contribution in [-0.4, -0.2) is 31.5 Å². The Kier molecular flexibility index (Phi) is 8.77. The molecule has 0 saturated heterocycles. The Morgan fingerprint density at radius 2 is 1.58 bits per heavy atom. The number of hydrogen-bond acceptors (Lipinski definition) is 5. The molecule has 0 N–H and O–H groups in total. The monoisotopic (exact) mass is 493 g/mol. The fourth-order valence-corrected chi connectivity index (χ4v) is 3.87. The number of aromatic nitrogens is 3. The SMILES string of the molecule is CCCn1nc(CCCc2ccc(OC(C)(C)C(=O)OC(C)(C)C)cc2)n(Cc2ccccc2)c1=O. The standard InChI is InChI=1S/C29H39N3O4/c1-7-20-32-27(34)31(21-23-12-9-8-10-13-23)25(30-32)15-11-14-22-16-18-24(19-17-22)35-29(5,6)26(33)36-28(2,3)4/h8-10,12-13,16-19H,7,11,14-15,20-21H2,1-6H3. The van der Waals surface area contributed by atoms with E-state index in [1.807, 2.05) is 82.3 Å². The molecule has 0 aliphatic heterocycles. The van der Waals surface area contributed by atoms with Gasteiger partial charge >= 0.3 is 11.7 Å². The van der Waals surface area contributed by atoms with Crippen LogP contribution in [0.2, 0.25) is 0 Å². The van der Waals surface area contributed by atoms with Gasteiger partial charge in [-0.05, 0) is 77.1 Å². The summed E-state index contributed by atoms with van der Waals surface area (Å²) in [4.78, 5) is 25.4. The van der Waals surface area contributed by atoms with Crippen LogP contribution in [0.4, 0.5) is 0 Å². The van der Waals surface area contributed by atoms with Crippen LogP contribution in [0.25, 0.3) is 0 Å². The van der Waals surface area contributed by atoms with Gasteiger partial charge in [-0.25, -0.2) is 14.3 Å². The normalized spacial score (nSPS) is 11.9. The largest absolute Gasteiger partial charge is 0.476 e. The fraction of sp³-hybridized carbons (Fsp3) is 0.483. The van der Waals surface area contributed by atoms with Gasteiger partial charge in [-0.15, -0.1) is 0 Å². The quantitative estimate of drug-likeness (QED) is 0.344. The minimum absolute atomic E-state index is 0.0511. The van der Waals surface area contributed by atoms with Crippen molar-refractivity contribution in [2.75, 3.05) is 0 Å². The first-order chi connectivity index (χ1) is 17.0. The number of esters is 1. The summed E-state index contributed by atoms with van der Waals surface area (Å²) in [7, 11) is 0. The van der Waals surface area contributed by atoms with Gasteiger partial charge in [-0.1, -0.05) is 49.4 Å². The summed E-state index contributed by atoms with van der Waals surface area (Å²) in [6.45, 7) is 12.1. The van der Waals surface area contributed by atoms with Gasteiger partial charge in [0.15, 0.2) is 5.60 Å². The molecule has 0 aliphatic carbocycles. The zero-order chi connectivity index (χ0) is 26.3. The molecule has 36 heavy (non-hydrogen) atoms. The molecule has 0 fully saturated rings. The Hall–Kier alpha value is -3.35. The zero-order valence-corrected chi connectivity index (χ0v) is 22.4. The highest BCUT2D eigenvalue weighted by atomic mass is 16.6. The number of aryl methyl sites for hydroxylation is 3.